The number of thiophene rings is 1. The summed E-state index contributed by atoms with van der Waals surface area (Å²) in [5.41, 5.74) is 1.52. The largest absolute Gasteiger partial charge is 0.491 e. The second-order valence-corrected chi connectivity index (χ2v) is 8.14. The molecule has 7 heteroatoms. The normalized spacial score (nSPS) is 24.0. The van der Waals surface area contributed by atoms with Crippen molar-refractivity contribution in [1.29, 1.82) is 0 Å². The van der Waals surface area contributed by atoms with Crippen LogP contribution in [0.15, 0.2) is 16.9 Å². The molecule has 1 aromatic rings. The third kappa shape index (κ3) is 3.61. The number of hydrogen-bond acceptors (Lipinski definition) is 6. The molecule has 24 heavy (non-hydrogen) atoms. The van der Waals surface area contributed by atoms with Crippen molar-refractivity contribution in [3.63, 3.8) is 0 Å². The fourth-order valence-electron chi connectivity index (χ4n) is 2.71. The van der Waals surface area contributed by atoms with Crippen LogP contribution in [0.3, 0.4) is 0 Å². The number of hydrogen-bond donors (Lipinski definition) is 1. The summed E-state index contributed by atoms with van der Waals surface area (Å²) in [4.78, 5) is 1.09. The molecule has 0 aliphatic carbocycles. The average molecular weight is 351 g/mol. The van der Waals surface area contributed by atoms with E-state index in [0.29, 0.717) is 19.8 Å². The third-order valence-corrected chi connectivity index (χ3v) is 5.76. The fraction of sp³-hybridized carbons (Fsp3) is 0.647. The molecule has 1 N–H and O–H groups in total. The first-order valence-corrected chi connectivity index (χ1v) is 9.23. The molecule has 132 valence electrons. The smallest absolute Gasteiger partial charge is 0.400 e. The van der Waals surface area contributed by atoms with E-state index in [0.717, 1.165) is 15.9 Å². The summed E-state index contributed by atoms with van der Waals surface area (Å²) in [7, 11) is 1.59. The van der Waals surface area contributed by atoms with Crippen molar-refractivity contribution < 1.29 is 18.8 Å². The molecule has 0 atom stereocenters. The molecule has 0 radical (unpaired) electrons. The number of ether oxygens (including phenoxy) is 2. The first kappa shape index (κ1) is 18.1. The zero-order valence-electron chi connectivity index (χ0n) is 15.0. The number of rotatable bonds is 5. The first-order valence-electron chi connectivity index (χ1n) is 8.35. The van der Waals surface area contributed by atoms with E-state index in [1.54, 1.807) is 11.3 Å². The maximum absolute atomic E-state index is 6.18. The summed E-state index contributed by atoms with van der Waals surface area (Å²) in [6, 6.07) is 2.11. The zero-order valence-corrected chi connectivity index (χ0v) is 15.9. The highest BCUT2D eigenvalue weighted by atomic mass is 32.1. The minimum atomic E-state index is -0.343. The van der Waals surface area contributed by atoms with Crippen LogP contribution in [0.1, 0.15) is 44.4 Å². The Kier molecular flexibility index (Phi) is 5.21. The third-order valence-electron chi connectivity index (χ3n) is 4.78. The summed E-state index contributed by atoms with van der Waals surface area (Å²) in [5.74, 6) is 0. The van der Waals surface area contributed by atoms with Gasteiger partial charge in [-0.3, -0.25) is 0 Å². The van der Waals surface area contributed by atoms with Gasteiger partial charge in [-0.15, -0.1) is 11.3 Å². The standard InChI is InChI=1S/C17H26BNO4S/c1-16(2)17(3,4)23-18(22-16)13(10-19-5)8-12-9-14(24-11-12)15-20-6-7-21-15/h8-9,11,15,19H,6-7,10H2,1-5H3. The van der Waals surface area contributed by atoms with Gasteiger partial charge in [0.25, 0.3) is 0 Å². The van der Waals surface area contributed by atoms with E-state index in [2.05, 4.69) is 50.5 Å². The van der Waals surface area contributed by atoms with Gasteiger partial charge in [0.05, 0.1) is 29.3 Å². The Morgan fingerprint density at radius 2 is 1.88 bits per heavy atom. The van der Waals surface area contributed by atoms with Crippen molar-refractivity contribution in [2.75, 3.05) is 26.8 Å². The molecule has 2 aliphatic heterocycles. The van der Waals surface area contributed by atoms with Gasteiger partial charge in [0.2, 0.25) is 0 Å². The van der Waals surface area contributed by atoms with Crippen LogP contribution in [0.25, 0.3) is 6.08 Å². The van der Waals surface area contributed by atoms with E-state index in [-0.39, 0.29) is 24.6 Å². The Hall–Kier alpha value is -0.695. The summed E-state index contributed by atoms with van der Waals surface area (Å²) in [5, 5.41) is 5.32. The first-order chi connectivity index (χ1) is 11.3. The van der Waals surface area contributed by atoms with E-state index in [1.807, 2.05) is 7.05 Å². The van der Waals surface area contributed by atoms with Gasteiger partial charge in [-0.2, -0.15) is 0 Å². The Labute approximate surface area is 148 Å². The molecular weight excluding hydrogens is 325 g/mol. The van der Waals surface area contributed by atoms with Gasteiger partial charge in [-0.1, -0.05) is 6.08 Å². The van der Waals surface area contributed by atoms with Gasteiger partial charge in [0, 0.05) is 6.54 Å². The van der Waals surface area contributed by atoms with E-state index >= 15 is 0 Å². The molecule has 1 aromatic heterocycles. The van der Waals surface area contributed by atoms with Crippen LogP contribution in [-0.2, 0) is 18.8 Å². The fourth-order valence-corrected chi connectivity index (χ4v) is 3.56. The van der Waals surface area contributed by atoms with Gasteiger partial charge in [0.1, 0.15) is 0 Å². The van der Waals surface area contributed by atoms with Crippen LogP contribution in [0.2, 0.25) is 0 Å². The zero-order chi connectivity index (χ0) is 17.4. The van der Waals surface area contributed by atoms with Crippen molar-refractivity contribution in [3.05, 3.63) is 27.4 Å². The predicted molar refractivity (Wildman–Crippen MR) is 96.9 cm³/mol. The molecule has 5 nitrogen and oxygen atoms in total. The second-order valence-electron chi connectivity index (χ2n) is 7.19. The number of likely N-dealkylation sites (N-methyl/N-ethyl adjacent to an activating group) is 1. The summed E-state index contributed by atoms with van der Waals surface area (Å²) in [6.07, 6.45) is 1.91. The van der Waals surface area contributed by atoms with Gasteiger partial charge >= 0.3 is 7.12 Å². The molecule has 2 aliphatic rings. The van der Waals surface area contributed by atoms with E-state index in [9.17, 15) is 0 Å². The molecule has 2 saturated heterocycles. The Balaban J connectivity index is 1.79. The van der Waals surface area contributed by atoms with Gasteiger partial charge in [-0.25, -0.2) is 0 Å². The highest BCUT2D eigenvalue weighted by Gasteiger charge is 2.52. The SMILES string of the molecule is CNCC(=Cc1csc(C2OCCO2)c1)B1OC(C)(C)C(C)(C)O1. The predicted octanol–water partition coefficient (Wildman–Crippen LogP) is 3.03. The molecule has 0 aromatic carbocycles. The summed E-state index contributed by atoms with van der Waals surface area (Å²) in [6.45, 7) is 10.3. The lowest BCUT2D eigenvalue weighted by Gasteiger charge is -2.32. The van der Waals surface area contributed by atoms with Crippen LogP contribution in [0, 0.1) is 0 Å². The lowest BCUT2D eigenvalue weighted by molar-refractivity contribution is -0.0413. The van der Waals surface area contributed by atoms with Crippen LogP contribution in [-0.4, -0.2) is 45.1 Å². The summed E-state index contributed by atoms with van der Waals surface area (Å²) < 4.78 is 23.5. The molecular formula is C17H26BNO4S. The molecule has 0 saturated carbocycles. The molecule has 0 unspecified atom stereocenters. The molecule has 3 heterocycles. The van der Waals surface area contributed by atoms with Crippen LogP contribution < -0.4 is 5.32 Å². The lowest BCUT2D eigenvalue weighted by atomic mass is 9.77. The maximum atomic E-state index is 6.18. The van der Waals surface area contributed by atoms with Crippen LogP contribution in [0.5, 0.6) is 0 Å². The quantitative estimate of drug-likeness (QED) is 0.827. The average Bonchev–Trinajstić information content (AvgIpc) is 3.19. The Morgan fingerprint density at radius 3 is 2.46 bits per heavy atom. The van der Waals surface area contributed by atoms with Crippen molar-refractivity contribution >= 4 is 24.5 Å². The lowest BCUT2D eigenvalue weighted by Crippen LogP contribution is -2.41. The van der Waals surface area contributed by atoms with Crippen molar-refractivity contribution in [3.8, 4) is 0 Å². The highest BCUT2D eigenvalue weighted by molar-refractivity contribution is 7.10. The minimum Gasteiger partial charge on any atom is -0.400 e. The molecule has 2 fully saturated rings. The Bertz CT molecular complexity index is 591. The van der Waals surface area contributed by atoms with E-state index in [1.165, 1.54) is 0 Å². The number of nitrogens with one attached hydrogen (secondary N) is 1. The second kappa shape index (κ2) is 6.90. The highest BCUT2D eigenvalue weighted by Crippen LogP contribution is 2.39. The van der Waals surface area contributed by atoms with Gasteiger partial charge < -0.3 is 24.1 Å². The van der Waals surface area contributed by atoms with Crippen molar-refractivity contribution in [2.45, 2.75) is 45.2 Å². The monoisotopic (exact) mass is 351 g/mol. The topological polar surface area (TPSA) is 49.0 Å². The van der Waals surface area contributed by atoms with E-state index < -0.39 is 0 Å². The van der Waals surface area contributed by atoms with Crippen molar-refractivity contribution in [1.82, 2.24) is 5.32 Å². The minimum absolute atomic E-state index is 0.221. The molecule has 0 amide bonds. The molecule has 0 bridgehead atoms. The van der Waals surface area contributed by atoms with Crippen LogP contribution >= 0.6 is 11.3 Å². The van der Waals surface area contributed by atoms with Gasteiger partial charge in [0.15, 0.2) is 6.29 Å². The van der Waals surface area contributed by atoms with Gasteiger partial charge in [-0.05, 0) is 57.2 Å². The van der Waals surface area contributed by atoms with Crippen molar-refractivity contribution in [2.24, 2.45) is 0 Å². The van der Waals surface area contributed by atoms with E-state index in [4.69, 9.17) is 18.8 Å². The summed E-state index contributed by atoms with van der Waals surface area (Å²) >= 11 is 1.65. The Morgan fingerprint density at radius 1 is 1.25 bits per heavy atom. The molecule has 3 rings (SSSR count). The van der Waals surface area contributed by atoms with Crippen LogP contribution in [0.4, 0.5) is 0 Å². The maximum Gasteiger partial charge on any atom is 0.491 e. The molecule has 0 spiro atoms.